The maximum absolute atomic E-state index is 11.7. The van der Waals surface area contributed by atoms with Crippen molar-refractivity contribution in [3.8, 4) is 0 Å². The molecule has 2 aromatic rings. The molecule has 0 saturated heterocycles. The molecule has 0 fully saturated rings. The third-order valence-electron chi connectivity index (χ3n) is 3.85. The average molecular weight is 302 g/mol. The Labute approximate surface area is 129 Å². The van der Waals surface area contributed by atoms with Gasteiger partial charge in [0.25, 0.3) is 0 Å². The van der Waals surface area contributed by atoms with Crippen LogP contribution in [0.4, 0.5) is 0 Å². The quantitative estimate of drug-likeness (QED) is 0.627. The molecular formula is C17H16ClNO2. The predicted molar refractivity (Wildman–Crippen MR) is 82.3 cm³/mol. The van der Waals surface area contributed by atoms with Gasteiger partial charge in [0, 0.05) is 6.54 Å². The monoisotopic (exact) mass is 301 g/mol. The number of rotatable bonds is 2. The van der Waals surface area contributed by atoms with E-state index < -0.39 is 0 Å². The molecule has 0 N–H and O–H groups in total. The Morgan fingerprint density at radius 3 is 2.71 bits per heavy atom. The van der Waals surface area contributed by atoms with Gasteiger partial charge in [-0.25, -0.2) is 9.21 Å². The first-order valence-corrected chi connectivity index (χ1v) is 7.23. The summed E-state index contributed by atoms with van der Waals surface area (Å²) in [5.41, 5.74) is 4.05. The van der Waals surface area contributed by atoms with Gasteiger partial charge in [-0.1, -0.05) is 36.4 Å². The minimum absolute atomic E-state index is 0.0170. The Balaban J connectivity index is 2.04. The van der Waals surface area contributed by atoms with Gasteiger partial charge in [0.05, 0.1) is 18.7 Å². The number of esters is 1. The first kappa shape index (κ1) is 14.1. The van der Waals surface area contributed by atoms with E-state index in [9.17, 15) is 4.79 Å². The van der Waals surface area contributed by atoms with E-state index in [1.165, 1.54) is 7.11 Å². The smallest absolute Gasteiger partial charge is 0.337 e. The van der Waals surface area contributed by atoms with Gasteiger partial charge < -0.3 is 4.74 Å². The number of benzene rings is 2. The van der Waals surface area contributed by atoms with Crippen LogP contribution in [0.5, 0.6) is 0 Å². The van der Waals surface area contributed by atoms with E-state index in [0.717, 1.165) is 29.7 Å². The largest absolute Gasteiger partial charge is 0.465 e. The van der Waals surface area contributed by atoms with Crippen molar-refractivity contribution in [1.29, 1.82) is 0 Å². The van der Waals surface area contributed by atoms with Crippen LogP contribution in [0, 0.1) is 0 Å². The summed E-state index contributed by atoms with van der Waals surface area (Å²) in [6.07, 6.45) is 0.826. The molecule has 0 saturated carbocycles. The van der Waals surface area contributed by atoms with Gasteiger partial charge in [-0.3, -0.25) is 0 Å². The average Bonchev–Trinajstić information content (AvgIpc) is 2.54. The van der Waals surface area contributed by atoms with Crippen LogP contribution in [-0.2, 0) is 11.2 Å². The molecule has 21 heavy (non-hydrogen) atoms. The van der Waals surface area contributed by atoms with Gasteiger partial charge in [0.2, 0.25) is 0 Å². The Kier molecular flexibility index (Phi) is 3.95. The van der Waals surface area contributed by atoms with Gasteiger partial charge in [0.1, 0.15) is 0 Å². The summed E-state index contributed by atoms with van der Waals surface area (Å²) in [6.45, 7) is 0.749. The molecule has 1 heterocycles. The van der Waals surface area contributed by atoms with Crippen molar-refractivity contribution in [3.05, 3.63) is 70.8 Å². The SMILES string of the molecule is COC(=O)c1ccc2c(c1)CCN(Cl)[C@@H]2c1ccccc1. The van der Waals surface area contributed by atoms with Gasteiger partial charge in [-0.2, -0.15) is 0 Å². The number of carbonyl (C=O) groups is 1. The van der Waals surface area contributed by atoms with E-state index in [2.05, 4.69) is 12.1 Å². The Morgan fingerprint density at radius 2 is 2.00 bits per heavy atom. The summed E-state index contributed by atoms with van der Waals surface area (Å²) in [5.74, 6) is -0.303. The zero-order valence-corrected chi connectivity index (χ0v) is 12.5. The van der Waals surface area contributed by atoms with E-state index in [1.807, 2.05) is 34.8 Å². The maximum Gasteiger partial charge on any atom is 0.337 e. The Bertz CT molecular complexity index is 657. The molecule has 1 atom stereocenters. The summed E-state index contributed by atoms with van der Waals surface area (Å²) < 4.78 is 6.61. The van der Waals surface area contributed by atoms with Crippen molar-refractivity contribution >= 4 is 17.7 Å². The zero-order chi connectivity index (χ0) is 14.8. The normalized spacial score (nSPS) is 18.1. The van der Waals surface area contributed by atoms with Crippen LogP contribution in [0.2, 0.25) is 0 Å². The molecule has 0 aromatic heterocycles. The molecule has 0 spiro atoms. The summed E-state index contributed by atoms with van der Waals surface area (Å²) in [7, 11) is 1.40. The first-order chi connectivity index (χ1) is 10.2. The Hall–Kier alpha value is -1.84. The van der Waals surface area contributed by atoms with Crippen molar-refractivity contribution in [1.82, 2.24) is 4.42 Å². The van der Waals surface area contributed by atoms with Crippen LogP contribution in [0.1, 0.15) is 33.1 Å². The minimum atomic E-state index is -0.303. The second kappa shape index (κ2) is 5.88. The second-order valence-corrected chi connectivity index (χ2v) is 5.53. The van der Waals surface area contributed by atoms with Crippen molar-refractivity contribution in [3.63, 3.8) is 0 Å². The fraction of sp³-hybridized carbons (Fsp3) is 0.235. The molecule has 108 valence electrons. The van der Waals surface area contributed by atoms with E-state index >= 15 is 0 Å². The molecule has 0 aliphatic carbocycles. The van der Waals surface area contributed by atoms with Gasteiger partial charge in [-0.15, -0.1) is 0 Å². The van der Waals surface area contributed by atoms with Crippen LogP contribution >= 0.6 is 11.8 Å². The second-order valence-electron chi connectivity index (χ2n) is 5.09. The van der Waals surface area contributed by atoms with Crippen molar-refractivity contribution in [2.45, 2.75) is 12.5 Å². The van der Waals surface area contributed by atoms with E-state index in [4.69, 9.17) is 16.5 Å². The van der Waals surface area contributed by atoms with Crippen molar-refractivity contribution < 1.29 is 9.53 Å². The van der Waals surface area contributed by atoms with Gasteiger partial charge >= 0.3 is 5.97 Å². The molecule has 3 nitrogen and oxygen atoms in total. The molecule has 4 heteroatoms. The molecule has 1 aliphatic heterocycles. The molecule has 1 aliphatic rings. The van der Waals surface area contributed by atoms with Gasteiger partial charge in [-0.05, 0) is 47.0 Å². The van der Waals surface area contributed by atoms with Crippen molar-refractivity contribution in [2.24, 2.45) is 0 Å². The summed E-state index contributed by atoms with van der Waals surface area (Å²) >= 11 is 6.42. The number of carbonyl (C=O) groups excluding carboxylic acids is 1. The number of nitrogens with zero attached hydrogens (tertiary/aromatic N) is 1. The van der Waals surface area contributed by atoms with Crippen LogP contribution in [0.3, 0.4) is 0 Å². The summed E-state index contributed by atoms with van der Waals surface area (Å²) in [4.78, 5) is 11.7. The fourth-order valence-corrected chi connectivity index (χ4v) is 3.12. The standard InChI is InChI=1S/C17H16ClNO2/c1-21-17(20)14-7-8-15-13(11-14)9-10-19(18)16(15)12-5-3-2-4-6-12/h2-8,11,16H,9-10H2,1H3/t16-/m1/s1. The van der Waals surface area contributed by atoms with Gasteiger partial charge in [0.15, 0.2) is 0 Å². The number of halogens is 1. The van der Waals surface area contributed by atoms with Crippen LogP contribution in [0.15, 0.2) is 48.5 Å². The minimum Gasteiger partial charge on any atom is -0.465 e. The Morgan fingerprint density at radius 1 is 1.24 bits per heavy atom. The summed E-state index contributed by atoms with van der Waals surface area (Å²) in [5, 5.41) is 0. The highest BCUT2D eigenvalue weighted by Gasteiger charge is 2.28. The number of methoxy groups -OCH3 is 1. The molecule has 2 aromatic carbocycles. The summed E-state index contributed by atoms with van der Waals surface area (Å²) in [6, 6.07) is 15.9. The van der Waals surface area contributed by atoms with E-state index in [0.29, 0.717) is 5.56 Å². The third kappa shape index (κ3) is 2.67. The lowest BCUT2D eigenvalue weighted by Gasteiger charge is -2.33. The predicted octanol–water partition coefficient (Wildman–Crippen LogP) is 3.57. The molecule has 3 rings (SSSR count). The first-order valence-electron chi connectivity index (χ1n) is 6.89. The van der Waals surface area contributed by atoms with Crippen LogP contribution < -0.4 is 0 Å². The number of hydrogen-bond donors (Lipinski definition) is 0. The van der Waals surface area contributed by atoms with E-state index in [1.54, 1.807) is 6.07 Å². The lowest BCUT2D eigenvalue weighted by molar-refractivity contribution is 0.0600. The van der Waals surface area contributed by atoms with Crippen LogP contribution in [0.25, 0.3) is 0 Å². The van der Waals surface area contributed by atoms with Crippen LogP contribution in [-0.4, -0.2) is 24.0 Å². The van der Waals surface area contributed by atoms with Crippen molar-refractivity contribution in [2.75, 3.05) is 13.7 Å². The number of ether oxygens (including phenoxy) is 1. The zero-order valence-electron chi connectivity index (χ0n) is 11.8. The molecule has 0 unspecified atom stereocenters. The maximum atomic E-state index is 11.7. The van der Waals surface area contributed by atoms with E-state index in [-0.39, 0.29) is 12.0 Å². The topological polar surface area (TPSA) is 29.5 Å². The fourth-order valence-electron chi connectivity index (χ4n) is 2.82. The number of hydrogen-bond acceptors (Lipinski definition) is 3. The molecule has 0 bridgehead atoms. The number of fused-ring (bicyclic) bond motifs is 1. The molecule has 0 radical (unpaired) electrons. The highest BCUT2D eigenvalue weighted by Crippen LogP contribution is 2.36. The lowest BCUT2D eigenvalue weighted by atomic mass is 9.88. The highest BCUT2D eigenvalue weighted by atomic mass is 35.5. The lowest BCUT2D eigenvalue weighted by Crippen LogP contribution is -2.29. The highest BCUT2D eigenvalue weighted by molar-refractivity contribution is 6.13. The third-order valence-corrected chi connectivity index (χ3v) is 4.21. The molecular weight excluding hydrogens is 286 g/mol. The molecule has 0 amide bonds.